The van der Waals surface area contributed by atoms with Crippen LogP contribution in [0.1, 0.15) is 72.2 Å². The van der Waals surface area contributed by atoms with Crippen molar-refractivity contribution in [3.63, 3.8) is 0 Å². The zero-order chi connectivity index (χ0) is 26.7. The van der Waals surface area contributed by atoms with Crippen LogP contribution < -0.4 is 10.6 Å². The molecule has 0 saturated heterocycles. The van der Waals surface area contributed by atoms with E-state index in [9.17, 15) is 0 Å². The maximum atomic E-state index is 2.35. The van der Waals surface area contributed by atoms with E-state index in [0.717, 1.165) is 17.2 Å². The molecule has 4 aromatic rings. The Morgan fingerprint density at radius 3 is 1.08 bits per heavy atom. The van der Waals surface area contributed by atoms with Gasteiger partial charge >= 0.3 is 0 Å². The number of rotatable bonds is 6. The molecule has 4 rings (SSSR count). The summed E-state index contributed by atoms with van der Waals surface area (Å²) in [7, 11) is 1.64. The summed E-state index contributed by atoms with van der Waals surface area (Å²) >= 11 is 0. The maximum absolute atomic E-state index is 2.35. The van der Waals surface area contributed by atoms with E-state index < -0.39 is 0 Å². The molecule has 0 aliphatic heterocycles. The summed E-state index contributed by atoms with van der Waals surface area (Å²) in [5, 5.41) is 3.53. The van der Waals surface area contributed by atoms with E-state index in [1.807, 2.05) is 0 Å². The van der Waals surface area contributed by atoms with Crippen molar-refractivity contribution in [3.05, 3.63) is 117 Å². The third-order valence-electron chi connectivity index (χ3n) is 7.00. The molecule has 0 fully saturated rings. The molecule has 4 aromatic carbocycles. The predicted molar refractivity (Wildman–Crippen MR) is 167 cm³/mol. The number of hydrogen-bond donors (Lipinski definition) is 0. The molecule has 200 valence electrons. The van der Waals surface area contributed by atoms with Crippen LogP contribution in [0.25, 0.3) is 0 Å². The average Bonchev–Trinajstić information content (AvgIpc) is 3.49. The van der Waals surface area contributed by atoms with Crippen LogP contribution in [0.5, 0.6) is 0 Å². The van der Waals surface area contributed by atoms with Crippen molar-refractivity contribution in [2.45, 2.75) is 79.5 Å². The SMILES string of the molecule is Cc1cc(C)c(PC(C)(C)c2cc[cH-]c2)c(C)c1.Cc1cc(C)c(PC(C)(C)c2cc[cH-]c2)c(C)c1.[Fe]. The van der Waals surface area contributed by atoms with Crippen molar-refractivity contribution in [2.24, 2.45) is 0 Å². The fourth-order valence-corrected chi connectivity index (χ4v) is 8.05. The molecule has 0 heterocycles. The largest absolute Gasteiger partial charge is 0.210 e. The first kappa shape index (κ1) is 31.7. The number of benzene rings is 2. The van der Waals surface area contributed by atoms with Gasteiger partial charge in [0.05, 0.1) is 0 Å². The van der Waals surface area contributed by atoms with Crippen molar-refractivity contribution >= 4 is 27.8 Å². The van der Waals surface area contributed by atoms with Gasteiger partial charge in [-0.3, -0.25) is 0 Å². The van der Waals surface area contributed by atoms with E-state index in [1.165, 1.54) is 55.1 Å². The van der Waals surface area contributed by atoms with E-state index in [4.69, 9.17) is 0 Å². The van der Waals surface area contributed by atoms with Gasteiger partial charge in [-0.15, -0.1) is 0 Å². The fourth-order valence-electron chi connectivity index (χ4n) is 5.11. The molecular formula is C34H44FeP2-2. The zero-order valence-corrected chi connectivity index (χ0v) is 27.4. The van der Waals surface area contributed by atoms with E-state index in [2.05, 4.69) is 142 Å². The molecule has 0 nitrogen and oxygen atoms in total. The summed E-state index contributed by atoms with van der Waals surface area (Å²) in [6.07, 6.45) is 0. The van der Waals surface area contributed by atoms with Crippen LogP contribution in [0.4, 0.5) is 0 Å². The Morgan fingerprint density at radius 2 is 0.838 bits per heavy atom. The van der Waals surface area contributed by atoms with Gasteiger partial charge in [0.1, 0.15) is 0 Å². The summed E-state index contributed by atoms with van der Waals surface area (Å²) in [6, 6.07) is 26.7. The monoisotopic (exact) mass is 570 g/mol. The molecule has 0 spiro atoms. The van der Waals surface area contributed by atoms with Crippen molar-refractivity contribution in [2.75, 3.05) is 0 Å². The Labute approximate surface area is 240 Å². The standard InChI is InChI=1S/2C17H22P.Fe/c2*1-12-10-13(2)16(14(3)11-12)18-17(4,5)15-8-6-7-9-15;/h2*6-11,18H,1-5H3;/q2*-1;. The Morgan fingerprint density at radius 1 is 0.541 bits per heavy atom. The Balaban J connectivity index is 0.000000253. The molecule has 0 N–H and O–H groups in total. The van der Waals surface area contributed by atoms with Gasteiger partial charge < -0.3 is 0 Å². The maximum Gasteiger partial charge on any atom is 0 e. The second kappa shape index (κ2) is 13.0. The summed E-state index contributed by atoms with van der Waals surface area (Å²) < 4.78 is 0. The van der Waals surface area contributed by atoms with Gasteiger partial charge in [-0.25, -0.2) is 12.1 Å². The predicted octanol–water partition coefficient (Wildman–Crippen LogP) is 9.14. The van der Waals surface area contributed by atoms with Crippen molar-refractivity contribution < 1.29 is 17.1 Å². The van der Waals surface area contributed by atoms with E-state index in [1.54, 1.807) is 0 Å². The minimum absolute atomic E-state index is 0. The first-order valence-electron chi connectivity index (χ1n) is 13.0. The second-order valence-corrected chi connectivity index (χ2v) is 15.4. The van der Waals surface area contributed by atoms with E-state index in [0.29, 0.717) is 0 Å². The fraction of sp³-hybridized carbons (Fsp3) is 0.353. The van der Waals surface area contributed by atoms with Crippen LogP contribution in [0.15, 0.2) is 72.8 Å². The van der Waals surface area contributed by atoms with Gasteiger partial charge in [-0.1, -0.05) is 80.2 Å². The van der Waals surface area contributed by atoms with Crippen LogP contribution in [0, 0.1) is 41.5 Å². The first-order valence-corrected chi connectivity index (χ1v) is 15.0. The Bertz CT molecular complexity index is 1130. The molecule has 37 heavy (non-hydrogen) atoms. The van der Waals surface area contributed by atoms with Crippen LogP contribution in [-0.4, -0.2) is 0 Å². The first-order chi connectivity index (χ1) is 16.8. The summed E-state index contributed by atoms with van der Waals surface area (Å²) in [5.41, 5.74) is 11.4. The second-order valence-electron chi connectivity index (χ2n) is 11.4. The molecule has 0 bridgehead atoms. The van der Waals surface area contributed by atoms with Crippen LogP contribution in [-0.2, 0) is 27.4 Å². The molecule has 2 unspecified atom stereocenters. The van der Waals surface area contributed by atoms with Crippen molar-refractivity contribution in [3.8, 4) is 0 Å². The molecule has 3 heteroatoms. The normalized spacial score (nSPS) is 12.2. The van der Waals surface area contributed by atoms with Gasteiger partial charge in [-0.2, -0.15) is 47.5 Å². The third kappa shape index (κ3) is 8.25. The van der Waals surface area contributed by atoms with Crippen molar-refractivity contribution in [1.82, 2.24) is 0 Å². The van der Waals surface area contributed by atoms with Gasteiger partial charge in [0.15, 0.2) is 0 Å². The molecule has 2 atom stereocenters. The number of hydrogen-bond acceptors (Lipinski definition) is 0. The number of aryl methyl sites for hydroxylation is 6. The van der Waals surface area contributed by atoms with Gasteiger partial charge in [-0.05, 0) is 84.7 Å². The van der Waals surface area contributed by atoms with E-state index >= 15 is 0 Å². The quantitative estimate of drug-likeness (QED) is 0.123. The average molecular weight is 571 g/mol. The van der Waals surface area contributed by atoms with Crippen LogP contribution >= 0.6 is 17.2 Å². The topological polar surface area (TPSA) is 0 Å². The molecule has 0 aliphatic rings. The van der Waals surface area contributed by atoms with Crippen molar-refractivity contribution in [1.29, 1.82) is 0 Å². The summed E-state index contributed by atoms with van der Waals surface area (Å²) in [5.74, 6) is 0. The molecular weight excluding hydrogens is 526 g/mol. The van der Waals surface area contributed by atoms with Gasteiger partial charge in [0.25, 0.3) is 0 Å². The molecule has 0 radical (unpaired) electrons. The Hall–Kier alpha value is -1.48. The minimum atomic E-state index is 0. The Kier molecular flexibility index (Phi) is 11.2. The minimum Gasteiger partial charge on any atom is -0.210 e. The van der Waals surface area contributed by atoms with E-state index in [-0.39, 0.29) is 27.4 Å². The molecule has 0 amide bonds. The van der Waals surface area contributed by atoms with Gasteiger partial charge in [0.2, 0.25) is 0 Å². The summed E-state index contributed by atoms with van der Waals surface area (Å²) in [6.45, 7) is 22.7. The molecule has 0 aliphatic carbocycles. The third-order valence-corrected chi connectivity index (χ3v) is 10.9. The van der Waals surface area contributed by atoms with Crippen LogP contribution in [0.2, 0.25) is 0 Å². The zero-order valence-electron chi connectivity index (χ0n) is 24.3. The smallest absolute Gasteiger partial charge is 0 e. The molecule has 0 aromatic heterocycles. The van der Waals surface area contributed by atoms with Gasteiger partial charge in [0, 0.05) is 17.1 Å². The molecule has 0 saturated carbocycles. The van der Waals surface area contributed by atoms with Crippen LogP contribution in [0.3, 0.4) is 0 Å². The summed E-state index contributed by atoms with van der Waals surface area (Å²) in [4.78, 5) is 0.